The summed E-state index contributed by atoms with van der Waals surface area (Å²) in [5.74, 6) is 0.0646. The lowest BCUT2D eigenvalue weighted by molar-refractivity contribution is -0.902. The second-order valence-electron chi connectivity index (χ2n) is 7.88. The maximum atomic E-state index is 13.5. The lowest BCUT2D eigenvalue weighted by atomic mass is 10.1. The smallest absolute Gasteiger partial charge is 0.273 e. The Bertz CT molecular complexity index is 1000. The van der Waals surface area contributed by atoms with Gasteiger partial charge in [-0.1, -0.05) is 48.0 Å². The minimum Gasteiger partial charge on any atom is -0.332 e. The van der Waals surface area contributed by atoms with Crippen molar-refractivity contribution in [3.05, 3.63) is 71.4 Å². The SMILES string of the molecule is CC[NH+]1CCN(C(=O)c2cc(-c3ccccc3)nn2-c2ccc(C)cc2C)CC1. The van der Waals surface area contributed by atoms with Crippen molar-refractivity contribution in [2.45, 2.75) is 20.8 Å². The number of amides is 1. The molecule has 1 saturated heterocycles. The van der Waals surface area contributed by atoms with Gasteiger partial charge >= 0.3 is 0 Å². The van der Waals surface area contributed by atoms with Crippen molar-refractivity contribution in [1.29, 1.82) is 0 Å². The highest BCUT2D eigenvalue weighted by Gasteiger charge is 2.27. The zero-order valence-electron chi connectivity index (χ0n) is 17.5. The molecule has 0 bridgehead atoms. The van der Waals surface area contributed by atoms with E-state index in [1.54, 1.807) is 4.90 Å². The summed E-state index contributed by atoms with van der Waals surface area (Å²) < 4.78 is 1.83. The Hall–Kier alpha value is -2.92. The fourth-order valence-electron chi connectivity index (χ4n) is 4.05. The number of quaternary nitrogens is 1. The van der Waals surface area contributed by atoms with Gasteiger partial charge in [-0.2, -0.15) is 5.10 Å². The Labute approximate surface area is 172 Å². The number of hydrogen-bond acceptors (Lipinski definition) is 2. The van der Waals surface area contributed by atoms with Gasteiger partial charge in [-0.15, -0.1) is 0 Å². The Morgan fingerprint density at radius 2 is 1.76 bits per heavy atom. The number of hydrogen-bond donors (Lipinski definition) is 1. The van der Waals surface area contributed by atoms with Crippen LogP contribution >= 0.6 is 0 Å². The zero-order valence-corrected chi connectivity index (χ0v) is 17.5. The van der Waals surface area contributed by atoms with Gasteiger partial charge in [0.1, 0.15) is 5.69 Å². The van der Waals surface area contributed by atoms with Crippen molar-refractivity contribution >= 4 is 5.91 Å². The second kappa shape index (κ2) is 8.21. The third kappa shape index (κ3) is 3.96. The summed E-state index contributed by atoms with van der Waals surface area (Å²) in [5.41, 5.74) is 5.75. The van der Waals surface area contributed by atoms with Crippen LogP contribution in [0.2, 0.25) is 0 Å². The van der Waals surface area contributed by atoms with Gasteiger partial charge in [0.25, 0.3) is 5.91 Å². The normalized spacial score (nSPS) is 14.9. The van der Waals surface area contributed by atoms with E-state index in [2.05, 4.69) is 39.0 Å². The van der Waals surface area contributed by atoms with Gasteiger partial charge in [-0.25, -0.2) is 4.68 Å². The summed E-state index contributed by atoms with van der Waals surface area (Å²) in [6.07, 6.45) is 0. The molecular weight excluding hydrogens is 360 g/mol. The van der Waals surface area contributed by atoms with Gasteiger partial charge < -0.3 is 9.80 Å². The molecule has 2 aromatic carbocycles. The molecule has 1 aromatic heterocycles. The predicted molar refractivity (Wildman–Crippen MR) is 116 cm³/mol. The van der Waals surface area contributed by atoms with E-state index in [1.807, 2.05) is 46.0 Å². The van der Waals surface area contributed by atoms with Crippen LogP contribution in [0.25, 0.3) is 16.9 Å². The minimum atomic E-state index is 0.0646. The van der Waals surface area contributed by atoms with E-state index in [9.17, 15) is 4.79 Å². The lowest BCUT2D eigenvalue weighted by Gasteiger charge is -2.31. The van der Waals surface area contributed by atoms with E-state index < -0.39 is 0 Å². The van der Waals surface area contributed by atoms with E-state index in [0.29, 0.717) is 5.69 Å². The van der Waals surface area contributed by atoms with Crippen LogP contribution < -0.4 is 4.90 Å². The van der Waals surface area contributed by atoms with Gasteiger partial charge in [0.05, 0.1) is 44.1 Å². The summed E-state index contributed by atoms with van der Waals surface area (Å²) in [6, 6.07) is 18.3. The van der Waals surface area contributed by atoms with E-state index in [1.165, 1.54) is 5.56 Å². The third-order valence-electron chi connectivity index (χ3n) is 5.84. The lowest BCUT2D eigenvalue weighted by Crippen LogP contribution is -3.14. The molecule has 0 saturated carbocycles. The largest absolute Gasteiger partial charge is 0.332 e. The molecule has 0 atom stereocenters. The van der Waals surface area contributed by atoms with Crippen LogP contribution in [0.3, 0.4) is 0 Å². The number of piperazine rings is 1. The van der Waals surface area contributed by atoms with Gasteiger partial charge in [0.15, 0.2) is 0 Å². The fourth-order valence-corrected chi connectivity index (χ4v) is 4.05. The van der Waals surface area contributed by atoms with E-state index in [-0.39, 0.29) is 5.91 Å². The first-order chi connectivity index (χ1) is 14.1. The molecule has 29 heavy (non-hydrogen) atoms. The average molecular weight is 390 g/mol. The van der Waals surface area contributed by atoms with Gasteiger partial charge in [-0.05, 0) is 38.5 Å². The molecule has 2 heterocycles. The maximum absolute atomic E-state index is 13.5. The predicted octanol–water partition coefficient (Wildman–Crippen LogP) is 2.52. The molecule has 3 aromatic rings. The van der Waals surface area contributed by atoms with Crippen LogP contribution in [0.1, 0.15) is 28.5 Å². The molecule has 5 nitrogen and oxygen atoms in total. The van der Waals surface area contributed by atoms with Crippen molar-refractivity contribution in [1.82, 2.24) is 14.7 Å². The molecule has 0 unspecified atom stereocenters. The van der Waals surface area contributed by atoms with Crippen LogP contribution in [-0.4, -0.2) is 53.3 Å². The van der Waals surface area contributed by atoms with Crippen molar-refractivity contribution in [2.24, 2.45) is 0 Å². The van der Waals surface area contributed by atoms with Crippen LogP contribution in [0, 0.1) is 13.8 Å². The Morgan fingerprint density at radius 3 is 2.41 bits per heavy atom. The summed E-state index contributed by atoms with van der Waals surface area (Å²) in [5, 5.41) is 4.85. The highest BCUT2D eigenvalue weighted by atomic mass is 16.2. The average Bonchev–Trinajstić information content (AvgIpc) is 3.19. The summed E-state index contributed by atoms with van der Waals surface area (Å²) >= 11 is 0. The Balaban J connectivity index is 1.75. The number of carbonyl (C=O) groups excluding carboxylic acids is 1. The maximum Gasteiger partial charge on any atom is 0.273 e. The molecule has 1 aliphatic rings. The molecule has 0 spiro atoms. The monoisotopic (exact) mass is 389 g/mol. The second-order valence-corrected chi connectivity index (χ2v) is 7.88. The molecule has 5 heteroatoms. The van der Waals surface area contributed by atoms with E-state index >= 15 is 0 Å². The fraction of sp³-hybridized carbons (Fsp3) is 0.333. The molecule has 150 valence electrons. The summed E-state index contributed by atoms with van der Waals surface area (Å²) in [6.45, 7) is 11.1. The number of likely N-dealkylation sites (N-methyl/N-ethyl adjacent to an activating group) is 1. The quantitative estimate of drug-likeness (QED) is 0.745. The Kier molecular flexibility index (Phi) is 5.49. The van der Waals surface area contributed by atoms with Crippen LogP contribution in [0.15, 0.2) is 54.6 Å². The third-order valence-corrected chi connectivity index (χ3v) is 5.84. The highest BCUT2D eigenvalue weighted by molar-refractivity contribution is 5.94. The molecule has 1 amide bonds. The van der Waals surface area contributed by atoms with Crippen LogP contribution in [-0.2, 0) is 0 Å². The standard InChI is InChI=1S/C24H28N4O/c1-4-26-12-14-27(15-13-26)24(29)23-17-21(20-8-6-5-7-9-20)25-28(23)22-11-10-18(2)16-19(22)3/h5-11,16-17H,4,12-15H2,1-3H3/p+1. The van der Waals surface area contributed by atoms with E-state index in [0.717, 1.165) is 55.2 Å². The number of nitrogens with zero attached hydrogens (tertiary/aromatic N) is 3. The zero-order chi connectivity index (χ0) is 20.4. The molecule has 1 N–H and O–H groups in total. The van der Waals surface area contributed by atoms with Crippen molar-refractivity contribution in [3.8, 4) is 16.9 Å². The molecule has 4 rings (SSSR count). The van der Waals surface area contributed by atoms with Crippen molar-refractivity contribution in [2.75, 3.05) is 32.7 Å². The first-order valence-electron chi connectivity index (χ1n) is 10.4. The van der Waals surface area contributed by atoms with E-state index in [4.69, 9.17) is 5.10 Å². The molecule has 1 aliphatic heterocycles. The first kappa shape index (κ1) is 19.4. The summed E-state index contributed by atoms with van der Waals surface area (Å²) in [7, 11) is 0. The van der Waals surface area contributed by atoms with Gasteiger partial charge in [0, 0.05) is 5.56 Å². The number of aromatic nitrogens is 2. The number of nitrogens with one attached hydrogen (secondary N) is 1. The molecule has 1 fully saturated rings. The highest BCUT2D eigenvalue weighted by Crippen LogP contribution is 2.24. The van der Waals surface area contributed by atoms with Crippen LogP contribution in [0.5, 0.6) is 0 Å². The summed E-state index contributed by atoms with van der Waals surface area (Å²) in [4.78, 5) is 17.0. The first-order valence-corrected chi connectivity index (χ1v) is 10.4. The van der Waals surface area contributed by atoms with Crippen molar-refractivity contribution < 1.29 is 9.69 Å². The van der Waals surface area contributed by atoms with Crippen LogP contribution in [0.4, 0.5) is 0 Å². The molecule has 0 aliphatic carbocycles. The molecule has 0 radical (unpaired) electrons. The topological polar surface area (TPSA) is 42.6 Å². The number of carbonyl (C=O) groups is 1. The number of benzene rings is 2. The minimum absolute atomic E-state index is 0.0646. The molecular formula is C24H29N4O+. The number of rotatable bonds is 4. The Morgan fingerprint density at radius 1 is 1.03 bits per heavy atom. The van der Waals surface area contributed by atoms with Gasteiger partial charge in [-0.3, -0.25) is 4.79 Å². The van der Waals surface area contributed by atoms with Crippen molar-refractivity contribution in [3.63, 3.8) is 0 Å². The van der Waals surface area contributed by atoms with Gasteiger partial charge in [0.2, 0.25) is 0 Å². The number of aryl methyl sites for hydroxylation is 2.